The molecular weight excluding hydrogens is 380 g/mol. The molecule has 3 aromatic rings. The lowest BCUT2D eigenvalue weighted by Gasteiger charge is -2.17. The Morgan fingerprint density at radius 1 is 1.14 bits per heavy atom. The Bertz CT molecular complexity index is 1070. The van der Waals surface area contributed by atoms with Crippen molar-refractivity contribution in [2.24, 2.45) is 0 Å². The van der Waals surface area contributed by atoms with Gasteiger partial charge in [0.25, 0.3) is 5.56 Å². The van der Waals surface area contributed by atoms with E-state index in [2.05, 4.69) is 0 Å². The van der Waals surface area contributed by atoms with E-state index in [0.717, 1.165) is 36.1 Å². The van der Waals surface area contributed by atoms with Crippen LogP contribution in [-0.2, 0) is 35.4 Å². The van der Waals surface area contributed by atoms with Gasteiger partial charge in [0.05, 0.1) is 24.7 Å². The van der Waals surface area contributed by atoms with Crippen LogP contribution in [0.15, 0.2) is 32.4 Å². The highest BCUT2D eigenvalue weighted by Gasteiger charge is 2.24. The van der Waals surface area contributed by atoms with Gasteiger partial charge in [-0.2, -0.15) is 0 Å². The number of hydrogen-bond donors (Lipinski definition) is 0. The minimum Gasteiger partial charge on any atom is -0.467 e. The SMILES string of the molecule is COC(Cn1c(=O)n(Cc2ccco2)c(=O)c2c3c(sc21)CCCCC3)OC. The Hall–Kier alpha value is -2.16. The number of hydrogen-bond acceptors (Lipinski definition) is 6. The average molecular weight is 404 g/mol. The second kappa shape index (κ2) is 8.06. The third kappa shape index (κ3) is 3.36. The molecule has 4 rings (SSSR count). The monoisotopic (exact) mass is 404 g/mol. The first-order valence-corrected chi connectivity index (χ1v) is 10.3. The molecule has 1 aliphatic carbocycles. The number of rotatable bonds is 6. The number of aryl methyl sites for hydroxylation is 2. The van der Waals surface area contributed by atoms with Crippen LogP contribution in [0, 0.1) is 0 Å². The maximum atomic E-state index is 13.4. The van der Waals surface area contributed by atoms with Crippen LogP contribution in [0.5, 0.6) is 0 Å². The molecule has 0 unspecified atom stereocenters. The molecule has 0 saturated heterocycles. The summed E-state index contributed by atoms with van der Waals surface area (Å²) in [7, 11) is 3.08. The third-order valence-corrected chi connectivity index (χ3v) is 6.63. The lowest BCUT2D eigenvalue weighted by molar-refractivity contribution is -0.110. The van der Waals surface area contributed by atoms with Crippen LogP contribution in [0.2, 0.25) is 0 Å². The van der Waals surface area contributed by atoms with E-state index in [0.29, 0.717) is 11.1 Å². The molecule has 150 valence electrons. The highest BCUT2D eigenvalue weighted by atomic mass is 32.1. The molecule has 0 aliphatic heterocycles. The second-order valence-electron chi connectivity index (χ2n) is 7.01. The van der Waals surface area contributed by atoms with E-state index in [-0.39, 0.29) is 24.3 Å². The van der Waals surface area contributed by atoms with Crippen molar-refractivity contribution in [3.05, 3.63) is 55.4 Å². The lowest BCUT2D eigenvalue weighted by atomic mass is 10.1. The summed E-state index contributed by atoms with van der Waals surface area (Å²) in [5.41, 5.74) is 0.499. The Morgan fingerprint density at radius 2 is 1.93 bits per heavy atom. The zero-order valence-corrected chi connectivity index (χ0v) is 16.9. The summed E-state index contributed by atoms with van der Waals surface area (Å²) in [6.45, 7) is 0.329. The van der Waals surface area contributed by atoms with E-state index in [9.17, 15) is 9.59 Å². The topological polar surface area (TPSA) is 75.6 Å². The molecule has 0 atom stereocenters. The molecular formula is C20H24N2O5S. The fraction of sp³-hybridized carbons (Fsp3) is 0.500. The Balaban J connectivity index is 1.96. The zero-order chi connectivity index (χ0) is 19.7. The number of ether oxygens (including phenoxy) is 2. The van der Waals surface area contributed by atoms with Gasteiger partial charge in [-0.1, -0.05) is 6.42 Å². The lowest BCUT2D eigenvalue weighted by Crippen LogP contribution is -2.42. The molecule has 0 radical (unpaired) electrons. The van der Waals surface area contributed by atoms with Gasteiger partial charge in [0.1, 0.15) is 10.6 Å². The summed E-state index contributed by atoms with van der Waals surface area (Å²) in [6, 6.07) is 3.52. The van der Waals surface area contributed by atoms with Crippen molar-refractivity contribution >= 4 is 21.6 Å². The first-order chi connectivity index (χ1) is 13.6. The van der Waals surface area contributed by atoms with Gasteiger partial charge in [0, 0.05) is 19.1 Å². The summed E-state index contributed by atoms with van der Waals surface area (Å²) < 4.78 is 18.9. The van der Waals surface area contributed by atoms with Crippen LogP contribution >= 0.6 is 11.3 Å². The third-order valence-electron chi connectivity index (χ3n) is 5.32. The Kier molecular flexibility index (Phi) is 5.52. The molecule has 3 aromatic heterocycles. The molecule has 3 heterocycles. The Morgan fingerprint density at radius 3 is 2.64 bits per heavy atom. The number of furan rings is 1. The van der Waals surface area contributed by atoms with Crippen LogP contribution in [0.3, 0.4) is 0 Å². The number of aromatic nitrogens is 2. The fourth-order valence-electron chi connectivity index (χ4n) is 3.85. The van der Waals surface area contributed by atoms with Gasteiger partial charge in [-0.25, -0.2) is 4.79 Å². The van der Waals surface area contributed by atoms with Gasteiger partial charge in [-0.3, -0.25) is 13.9 Å². The van der Waals surface area contributed by atoms with E-state index in [1.807, 2.05) is 0 Å². The smallest absolute Gasteiger partial charge is 0.332 e. The largest absolute Gasteiger partial charge is 0.467 e. The van der Waals surface area contributed by atoms with Crippen molar-refractivity contribution in [2.45, 2.75) is 51.5 Å². The molecule has 1 aliphatic rings. The highest BCUT2D eigenvalue weighted by Crippen LogP contribution is 2.33. The van der Waals surface area contributed by atoms with E-state index in [1.54, 1.807) is 48.5 Å². The molecule has 0 fully saturated rings. The molecule has 0 saturated carbocycles. The van der Waals surface area contributed by atoms with E-state index in [1.165, 1.54) is 15.9 Å². The van der Waals surface area contributed by atoms with Crippen molar-refractivity contribution in [3.63, 3.8) is 0 Å². The molecule has 0 N–H and O–H groups in total. The van der Waals surface area contributed by atoms with Crippen molar-refractivity contribution in [3.8, 4) is 0 Å². The predicted octanol–water partition coefficient (Wildman–Crippen LogP) is 2.75. The second-order valence-corrected chi connectivity index (χ2v) is 8.09. The van der Waals surface area contributed by atoms with Gasteiger partial charge < -0.3 is 13.9 Å². The fourth-order valence-corrected chi connectivity index (χ4v) is 5.23. The molecule has 28 heavy (non-hydrogen) atoms. The molecule has 0 amide bonds. The molecule has 0 spiro atoms. The van der Waals surface area contributed by atoms with Gasteiger partial charge in [-0.05, 0) is 43.4 Å². The summed E-state index contributed by atoms with van der Waals surface area (Å²) in [6.07, 6.45) is 6.15. The summed E-state index contributed by atoms with van der Waals surface area (Å²) in [5.74, 6) is 0.571. The molecule has 0 bridgehead atoms. The predicted molar refractivity (Wildman–Crippen MR) is 107 cm³/mol. The minimum absolute atomic E-state index is 0.107. The first kappa shape index (κ1) is 19.2. The molecule has 7 nitrogen and oxygen atoms in total. The zero-order valence-electron chi connectivity index (χ0n) is 16.1. The normalized spacial score (nSPS) is 14.5. The Labute approximate surface area is 166 Å². The van der Waals surface area contributed by atoms with Crippen LogP contribution in [-0.4, -0.2) is 29.6 Å². The average Bonchev–Trinajstić information content (AvgIpc) is 3.28. The molecule has 8 heteroatoms. The summed E-state index contributed by atoms with van der Waals surface area (Å²) >= 11 is 1.56. The molecule has 0 aromatic carbocycles. The number of thiophene rings is 1. The van der Waals surface area contributed by atoms with Gasteiger partial charge in [0.15, 0.2) is 6.29 Å². The van der Waals surface area contributed by atoms with Crippen molar-refractivity contribution < 1.29 is 13.9 Å². The number of fused-ring (bicyclic) bond motifs is 3. The highest BCUT2D eigenvalue weighted by molar-refractivity contribution is 7.18. The van der Waals surface area contributed by atoms with E-state index < -0.39 is 6.29 Å². The van der Waals surface area contributed by atoms with E-state index in [4.69, 9.17) is 13.9 Å². The van der Waals surface area contributed by atoms with Gasteiger partial charge in [-0.15, -0.1) is 11.3 Å². The summed E-state index contributed by atoms with van der Waals surface area (Å²) in [5, 5.41) is 0.666. The number of nitrogens with zero attached hydrogens (tertiary/aromatic N) is 2. The van der Waals surface area contributed by atoms with Gasteiger partial charge in [0.2, 0.25) is 0 Å². The van der Waals surface area contributed by atoms with Crippen molar-refractivity contribution in [2.75, 3.05) is 14.2 Å². The standard InChI is InChI=1S/C20H24N2O5S/c1-25-16(26-2)12-22-19-17(14-8-4-3-5-9-15(14)28-19)18(23)21(20(22)24)11-13-7-6-10-27-13/h6-7,10,16H,3-5,8-9,11-12H2,1-2H3. The maximum Gasteiger partial charge on any atom is 0.332 e. The van der Waals surface area contributed by atoms with E-state index >= 15 is 0 Å². The number of methoxy groups -OCH3 is 2. The van der Waals surface area contributed by atoms with Crippen molar-refractivity contribution in [1.82, 2.24) is 9.13 Å². The quantitative estimate of drug-likeness (QED) is 0.466. The van der Waals surface area contributed by atoms with Crippen molar-refractivity contribution in [1.29, 1.82) is 0 Å². The maximum absolute atomic E-state index is 13.4. The first-order valence-electron chi connectivity index (χ1n) is 9.50. The van der Waals surface area contributed by atoms with Crippen LogP contribution in [0.25, 0.3) is 10.2 Å². The summed E-state index contributed by atoms with van der Waals surface area (Å²) in [4.78, 5) is 28.5. The van der Waals surface area contributed by atoms with Crippen LogP contribution in [0.4, 0.5) is 0 Å². The van der Waals surface area contributed by atoms with Crippen LogP contribution < -0.4 is 11.2 Å². The van der Waals surface area contributed by atoms with Gasteiger partial charge >= 0.3 is 5.69 Å². The van der Waals surface area contributed by atoms with Crippen LogP contribution in [0.1, 0.15) is 35.5 Å². The minimum atomic E-state index is -0.572.